The van der Waals surface area contributed by atoms with Crippen molar-refractivity contribution in [2.24, 2.45) is 0 Å². The van der Waals surface area contributed by atoms with E-state index in [9.17, 15) is 13.2 Å². The van der Waals surface area contributed by atoms with Gasteiger partial charge in [-0.05, 0) is 72.3 Å². The van der Waals surface area contributed by atoms with Gasteiger partial charge in [-0.2, -0.15) is 4.31 Å². The molecule has 0 radical (unpaired) electrons. The van der Waals surface area contributed by atoms with Crippen LogP contribution in [-0.2, 0) is 27.9 Å². The fourth-order valence-electron chi connectivity index (χ4n) is 3.86. The first-order valence-electron chi connectivity index (χ1n) is 11.7. The molecule has 1 amide bonds. The summed E-state index contributed by atoms with van der Waals surface area (Å²) in [4.78, 5) is 16.6. The highest BCUT2D eigenvalue weighted by Crippen LogP contribution is 2.33. The smallest absolute Gasteiger partial charge is 0.243 e. The monoisotopic (exact) mass is 548 g/mol. The number of thiophene rings is 1. The summed E-state index contributed by atoms with van der Waals surface area (Å²) in [5, 5.41) is 2.44. The van der Waals surface area contributed by atoms with Crippen molar-refractivity contribution in [3.63, 3.8) is 0 Å². The number of ether oxygens (including phenoxy) is 2. The van der Waals surface area contributed by atoms with Gasteiger partial charge >= 0.3 is 0 Å². The number of benzene rings is 2. The normalized spacial score (nSPS) is 12.8. The molecule has 0 fully saturated rings. The van der Waals surface area contributed by atoms with E-state index in [1.165, 1.54) is 16.4 Å². The van der Waals surface area contributed by atoms with E-state index in [4.69, 9.17) is 21.1 Å². The third-order valence-corrected chi connectivity index (χ3v) is 9.11. The van der Waals surface area contributed by atoms with Crippen molar-refractivity contribution >= 4 is 38.9 Å². The van der Waals surface area contributed by atoms with Gasteiger partial charge in [0.1, 0.15) is 0 Å². The van der Waals surface area contributed by atoms with Gasteiger partial charge in [0.15, 0.2) is 11.5 Å². The lowest BCUT2D eigenvalue weighted by Gasteiger charge is -2.27. The first-order chi connectivity index (χ1) is 17.3. The lowest BCUT2D eigenvalue weighted by molar-refractivity contribution is -0.132. The second-order valence-electron chi connectivity index (χ2n) is 8.61. The quantitative estimate of drug-likeness (QED) is 0.318. The second kappa shape index (κ2) is 11.6. The minimum atomic E-state index is -3.88. The van der Waals surface area contributed by atoms with Crippen LogP contribution in [0.3, 0.4) is 0 Å². The molecule has 0 N–H and O–H groups in total. The molecule has 1 aliphatic rings. The van der Waals surface area contributed by atoms with Crippen LogP contribution >= 0.6 is 22.9 Å². The summed E-state index contributed by atoms with van der Waals surface area (Å²) >= 11 is 7.54. The predicted octanol–water partition coefficient (Wildman–Crippen LogP) is 5.46. The molecule has 2 heterocycles. The zero-order valence-corrected chi connectivity index (χ0v) is 22.7. The first-order valence-corrected chi connectivity index (χ1v) is 14.4. The van der Waals surface area contributed by atoms with Gasteiger partial charge in [0, 0.05) is 23.0 Å². The molecule has 1 aliphatic heterocycles. The topological polar surface area (TPSA) is 76.2 Å². The molecule has 0 atom stereocenters. The molecular weight excluding hydrogens is 520 g/mol. The number of amides is 1. The summed E-state index contributed by atoms with van der Waals surface area (Å²) < 4.78 is 39.1. The van der Waals surface area contributed by atoms with Crippen molar-refractivity contribution < 1.29 is 22.7 Å². The van der Waals surface area contributed by atoms with Crippen LogP contribution in [0.2, 0.25) is 5.02 Å². The zero-order valence-electron chi connectivity index (χ0n) is 20.3. The Hall–Kier alpha value is -2.59. The highest BCUT2D eigenvalue weighted by Gasteiger charge is 2.29. The van der Waals surface area contributed by atoms with E-state index in [0.717, 1.165) is 22.4 Å². The van der Waals surface area contributed by atoms with Crippen LogP contribution in [0.5, 0.6) is 11.5 Å². The average Bonchev–Trinajstić information content (AvgIpc) is 3.49. The van der Waals surface area contributed by atoms with Gasteiger partial charge < -0.3 is 14.4 Å². The lowest BCUT2D eigenvalue weighted by atomic mass is 10.1. The Balaban J connectivity index is 1.59. The maximum atomic E-state index is 13.7. The summed E-state index contributed by atoms with van der Waals surface area (Å²) in [7, 11) is -3.88. The van der Waals surface area contributed by atoms with Crippen LogP contribution in [0.4, 0.5) is 0 Å². The number of hydrogen-bond donors (Lipinski definition) is 0. The SMILES string of the molecule is CCCCN(CC(=O)N(Cc1ccc2c(c1)OCO2)Cc1sccc1C)S(=O)(=O)c1ccc(Cl)cc1. The van der Waals surface area contributed by atoms with Crippen molar-refractivity contribution in [3.05, 3.63) is 74.9 Å². The van der Waals surface area contributed by atoms with E-state index in [1.54, 1.807) is 28.4 Å². The van der Waals surface area contributed by atoms with E-state index >= 15 is 0 Å². The largest absolute Gasteiger partial charge is 0.454 e. The molecule has 2 aromatic carbocycles. The Morgan fingerprint density at radius 2 is 1.81 bits per heavy atom. The van der Waals surface area contributed by atoms with Crippen LogP contribution < -0.4 is 9.47 Å². The number of hydrogen-bond acceptors (Lipinski definition) is 6. The summed E-state index contributed by atoms with van der Waals surface area (Å²) in [5.74, 6) is 1.04. The Morgan fingerprint density at radius 3 is 2.50 bits per heavy atom. The van der Waals surface area contributed by atoms with Crippen LogP contribution in [0, 0.1) is 6.92 Å². The maximum absolute atomic E-state index is 13.7. The summed E-state index contributed by atoms with van der Waals surface area (Å²) in [5.41, 5.74) is 1.97. The Bertz CT molecular complexity index is 1310. The number of unbranched alkanes of at least 4 members (excludes halogenated alkanes) is 1. The van der Waals surface area contributed by atoms with Gasteiger partial charge in [0.05, 0.1) is 18.0 Å². The fraction of sp³-hybridized carbons (Fsp3) is 0.346. The van der Waals surface area contributed by atoms with Gasteiger partial charge in [0.25, 0.3) is 0 Å². The standard InChI is InChI=1S/C26H29ClN2O5S2/c1-3-4-12-29(36(31,32)22-8-6-21(27)7-9-22)17-26(30)28(16-25-19(2)11-13-35-25)15-20-5-10-23-24(14-20)34-18-33-23/h5-11,13-14H,3-4,12,15-18H2,1-2H3. The van der Waals surface area contributed by atoms with Crippen LogP contribution in [-0.4, -0.2) is 43.4 Å². The van der Waals surface area contributed by atoms with Crippen molar-refractivity contribution in [2.75, 3.05) is 19.9 Å². The first kappa shape index (κ1) is 26.5. The second-order valence-corrected chi connectivity index (χ2v) is 12.0. The molecule has 0 unspecified atom stereocenters. The average molecular weight is 549 g/mol. The highest BCUT2D eigenvalue weighted by atomic mass is 35.5. The number of nitrogens with zero attached hydrogens (tertiary/aromatic N) is 2. The van der Waals surface area contributed by atoms with Gasteiger partial charge in [-0.1, -0.05) is 31.0 Å². The number of sulfonamides is 1. The number of carbonyl (C=O) groups excluding carboxylic acids is 1. The van der Waals surface area contributed by atoms with Crippen LogP contribution in [0.15, 0.2) is 58.8 Å². The summed E-state index contributed by atoms with van der Waals surface area (Å²) in [6.07, 6.45) is 1.45. The maximum Gasteiger partial charge on any atom is 0.243 e. The van der Waals surface area contributed by atoms with Crippen molar-refractivity contribution in [1.82, 2.24) is 9.21 Å². The molecule has 10 heteroatoms. The number of halogens is 1. The molecule has 7 nitrogen and oxygen atoms in total. The summed E-state index contributed by atoms with van der Waals surface area (Å²) in [6, 6.07) is 13.6. The third kappa shape index (κ3) is 6.21. The number of carbonyl (C=O) groups is 1. The number of fused-ring (bicyclic) bond motifs is 1. The molecule has 0 saturated carbocycles. The molecule has 1 aromatic heterocycles. The molecule has 0 spiro atoms. The number of rotatable bonds is 11. The molecule has 0 bridgehead atoms. The molecule has 192 valence electrons. The van der Waals surface area contributed by atoms with Gasteiger partial charge in [-0.3, -0.25) is 4.79 Å². The zero-order chi connectivity index (χ0) is 25.7. The number of aryl methyl sites for hydroxylation is 1. The van der Waals surface area contributed by atoms with Crippen molar-refractivity contribution in [3.8, 4) is 11.5 Å². The molecule has 4 rings (SSSR count). The van der Waals surface area contributed by atoms with Crippen LogP contribution in [0.25, 0.3) is 0 Å². The molecule has 3 aromatic rings. The molecule has 0 aliphatic carbocycles. The third-order valence-electron chi connectivity index (χ3n) is 5.99. The Kier molecular flexibility index (Phi) is 8.56. The highest BCUT2D eigenvalue weighted by molar-refractivity contribution is 7.89. The summed E-state index contributed by atoms with van der Waals surface area (Å²) in [6.45, 7) is 4.87. The fourth-order valence-corrected chi connectivity index (χ4v) is 6.33. The van der Waals surface area contributed by atoms with E-state index in [2.05, 4.69) is 0 Å². The molecule has 36 heavy (non-hydrogen) atoms. The Morgan fingerprint density at radius 1 is 1.06 bits per heavy atom. The van der Waals surface area contributed by atoms with Crippen molar-refractivity contribution in [1.29, 1.82) is 0 Å². The minimum Gasteiger partial charge on any atom is -0.454 e. The van der Waals surface area contributed by atoms with Crippen LogP contribution in [0.1, 0.15) is 35.8 Å². The van der Waals surface area contributed by atoms with Crippen molar-refractivity contribution in [2.45, 2.75) is 44.7 Å². The van der Waals surface area contributed by atoms with E-state index in [1.807, 2.05) is 43.5 Å². The van der Waals surface area contributed by atoms with Gasteiger partial charge in [0.2, 0.25) is 22.7 Å². The lowest BCUT2D eigenvalue weighted by Crippen LogP contribution is -2.42. The predicted molar refractivity (Wildman–Crippen MR) is 141 cm³/mol. The van der Waals surface area contributed by atoms with E-state index in [-0.39, 0.29) is 30.7 Å². The van der Waals surface area contributed by atoms with E-state index < -0.39 is 10.0 Å². The minimum absolute atomic E-state index is 0.118. The van der Waals surface area contributed by atoms with Gasteiger partial charge in [-0.25, -0.2) is 8.42 Å². The molecular formula is C26H29ClN2O5S2. The van der Waals surface area contributed by atoms with E-state index in [0.29, 0.717) is 36.0 Å². The molecule has 0 saturated heterocycles. The van der Waals surface area contributed by atoms with Gasteiger partial charge in [-0.15, -0.1) is 11.3 Å². The Labute approximate surface area is 221 Å².